The van der Waals surface area contributed by atoms with E-state index in [0.717, 1.165) is 0 Å². The van der Waals surface area contributed by atoms with Crippen molar-refractivity contribution in [3.05, 3.63) is 12.2 Å². The van der Waals surface area contributed by atoms with E-state index in [0.29, 0.717) is 29.6 Å². The van der Waals surface area contributed by atoms with Crippen LogP contribution in [-0.2, 0) is 19.6 Å². The average Bonchev–Trinajstić information content (AvgIpc) is 2.30. The first-order valence-corrected chi connectivity index (χ1v) is 8.27. The summed E-state index contributed by atoms with van der Waals surface area (Å²) in [6.45, 7) is 6.28. The Morgan fingerprint density at radius 3 is 2.48 bits per heavy atom. The van der Waals surface area contributed by atoms with Gasteiger partial charge >= 0.3 is 5.97 Å². The first-order valence-electron chi connectivity index (χ1n) is 6.69. The largest absolute Gasteiger partial charge is 0.748 e. The number of hydrogen-bond donors (Lipinski definition) is 1. The standard InChI is InChI=1S/C13H25NO6S/c1-11(2)13(16)20-8-5-7-14(3,4)10-12(15)6-9-21(17,18)19/h12,15H,1,5-10H2,2-4H3. The van der Waals surface area contributed by atoms with Crippen molar-refractivity contribution in [3.8, 4) is 0 Å². The van der Waals surface area contributed by atoms with Gasteiger partial charge in [-0.2, -0.15) is 0 Å². The van der Waals surface area contributed by atoms with Crippen LogP contribution in [0.3, 0.4) is 0 Å². The Morgan fingerprint density at radius 1 is 1.43 bits per heavy atom. The van der Waals surface area contributed by atoms with Crippen molar-refractivity contribution in [2.75, 3.05) is 39.5 Å². The van der Waals surface area contributed by atoms with E-state index in [4.69, 9.17) is 4.74 Å². The highest BCUT2D eigenvalue weighted by atomic mass is 32.2. The van der Waals surface area contributed by atoms with Crippen molar-refractivity contribution in [3.63, 3.8) is 0 Å². The third kappa shape index (κ3) is 11.4. The molecule has 0 saturated carbocycles. The number of esters is 1. The topological polar surface area (TPSA) is 104 Å². The van der Waals surface area contributed by atoms with Crippen LogP contribution < -0.4 is 0 Å². The van der Waals surface area contributed by atoms with Gasteiger partial charge in [0.15, 0.2) is 0 Å². The molecule has 7 nitrogen and oxygen atoms in total. The highest BCUT2D eigenvalue weighted by Gasteiger charge is 2.21. The molecule has 0 heterocycles. The molecule has 0 aromatic rings. The van der Waals surface area contributed by atoms with E-state index in [1.54, 1.807) is 6.92 Å². The van der Waals surface area contributed by atoms with Crippen LogP contribution in [0.4, 0.5) is 0 Å². The second-order valence-electron chi connectivity index (χ2n) is 5.82. The van der Waals surface area contributed by atoms with Gasteiger partial charge in [-0.05, 0) is 13.3 Å². The quantitative estimate of drug-likeness (QED) is 0.197. The Bertz CT molecular complexity index is 457. The molecular formula is C13H25NO6S. The fourth-order valence-electron chi connectivity index (χ4n) is 1.81. The van der Waals surface area contributed by atoms with Crippen molar-refractivity contribution >= 4 is 16.1 Å². The van der Waals surface area contributed by atoms with Gasteiger partial charge in [0.25, 0.3) is 0 Å². The van der Waals surface area contributed by atoms with E-state index in [-0.39, 0.29) is 13.0 Å². The van der Waals surface area contributed by atoms with Gasteiger partial charge in [0.1, 0.15) is 12.6 Å². The smallest absolute Gasteiger partial charge is 0.333 e. The third-order valence-electron chi connectivity index (χ3n) is 2.90. The molecule has 8 heteroatoms. The van der Waals surface area contributed by atoms with Crippen LogP contribution in [0.25, 0.3) is 0 Å². The molecule has 0 fully saturated rings. The molecular weight excluding hydrogens is 298 g/mol. The minimum absolute atomic E-state index is 0.0713. The van der Waals surface area contributed by atoms with Gasteiger partial charge in [-0.3, -0.25) is 0 Å². The minimum atomic E-state index is -4.30. The number of quaternary nitrogens is 1. The summed E-state index contributed by atoms with van der Waals surface area (Å²) in [6.07, 6.45) is -0.321. The summed E-state index contributed by atoms with van der Waals surface area (Å²) in [5.74, 6) is -0.995. The highest BCUT2D eigenvalue weighted by molar-refractivity contribution is 7.85. The van der Waals surface area contributed by atoms with Gasteiger partial charge in [0, 0.05) is 17.7 Å². The Kier molecular flexibility index (Phi) is 8.09. The minimum Gasteiger partial charge on any atom is -0.748 e. The predicted molar refractivity (Wildman–Crippen MR) is 77.4 cm³/mol. The number of carbonyl (C=O) groups is 1. The summed E-state index contributed by atoms with van der Waals surface area (Å²) in [4.78, 5) is 11.2. The fourth-order valence-corrected chi connectivity index (χ4v) is 2.37. The molecule has 1 N–H and O–H groups in total. The fraction of sp³-hybridized carbons (Fsp3) is 0.769. The van der Waals surface area contributed by atoms with Crippen molar-refractivity contribution in [1.82, 2.24) is 0 Å². The Labute approximate surface area is 126 Å². The summed E-state index contributed by atoms with van der Waals surface area (Å²) in [7, 11) is -0.555. The number of likely N-dealkylation sites (N-methyl/N-ethyl adjacent to an activating group) is 1. The van der Waals surface area contributed by atoms with Crippen molar-refractivity contribution in [1.29, 1.82) is 0 Å². The lowest BCUT2D eigenvalue weighted by atomic mass is 10.2. The van der Waals surface area contributed by atoms with E-state index in [1.807, 2.05) is 14.1 Å². The van der Waals surface area contributed by atoms with E-state index in [9.17, 15) is 22.9 Å². The van der Waals surface area contributed by atoms with Gasteiger partial charge in [0.2, 0.25) is 0 Å². The molecule has 21 heavy (non-hydrogen) atoms. The Hall–Kier alpha value is -0.960. The zero-order valence-electron chi connectivity index (χ0n) is 12.9. The first-order chi connectivity index (χ1) is 9.43. The summed E-state index contributed by atoms with van der Waals surface area (Å²) >= 11 is 0. The molecule has 0 aliphatic heterocycles. The zero-order valence-corrected chi connectivity index (χ0v) is 13.7. The highest BCUT2D eigenvalue weighted by Crippen LogP contribution is 2.06. The summed E-state index contributed by atoms with van der Waals surface area (Å²) < 4.78 is 36.9. The summed E-state index contributed by atoms with van der Waals surface area (Å²) in [5.41, 5.74) is 0.345. The van der Waals surface area contributed by atoms with Crippen molar-refractivity contribution in [2.24, 2.45) is 0 Å². The van der Waals surface area contributed by atoms with Gasteiger partial charge < -0.3 is 18.9 Å². The number of nitrogens with zero attached hydrogens (tertiary/aromatic N) is 1. The average molecular weight is 323 g/mol. The number of aliphatic hydroxyl groups is 1. The van der Waals surface area contributed by atoms with Crippen LogP contribution in [0.1, 0.15) is 19.8 Å². The lowest BCUT2D eigenvalue weighted by Crippen LogP contribution is -2.46. The monoisotopic (exact) mass is 323 g/mol. The predicted octanol–water partition coefficient (Wildman–Crippen LogP) is -0.132. The van der Waals surface area contributed by atoms with Crippen LogP contribution in [0.2, 0.25) is 0 Å². The third-order valence-corrected chi connectivity index (χ3v) is 3.63. The first kappa shape index (κ1) is 20.0. The Balaban J connectivity index is 4.02. The van der Waals surface area contributed by atoms with E-state index in [2.05, 4.69) is 6.58 Å². The maximum absolute atomic E-state index is 11.2. The van der Waals surface area contributed by atoms with E-state index in [1.165, 1.54) is 0 Å². The molecule has 0 spiro atoms. The molecule has 0 radical (unpaired) electrons. The van der Waals surface area contributed by atoms with E-state index >= 15 is 0 Å². The molecule has 0 amide bonds. The molecule has 0 aromatic heterocycles. The van der Waals surface area contributed by atoms with Crippen LogP contribution in [-0.4, -0.2) is 74.2 Å². The maximum Gasteiger partial charge on any atom is 0.333 e. The number of hydrogen-bond acceptors (Lipinski definition) is 6. The van der Waals surface area contributed by atoms with E-state index < -0.39 is 27.9 Å². The molecule has 0 saturated heterocycles. The second kappa shape index (κ2) is 8.47. The van der Waals surface area contributed by atoms with Crippen molar-refractivity contribution < 1.29 is 32.1 Å². The van der Waals surface area contributed by atoms with Gasteiger partial charge in [0.05, 0.1) is 37.4 Å². The number of aliphatic hydroxyl groups excluding tert-OH is 1. The second-order valence-corrected chi connectivity index (χ2v) is 7.34. The molecule has 0 rings (SSSR count). The molecule has 0 bridgehead atoms. The van der Waals surface area contributed by atoms with Crippen LogP contribution in [0.15, 0.2) is 12.2 Å². The SMILES string of the molecule is C=C(C)C(=O)OCCC[N+](C)(C)CC(O)CCS(=O)(=O)[O-]. The molecule has 0 aromatic carbocycles. The lowest BCUT2D eigenvalue weighted by molar-refractivity contribution is -0.893. The number of rotatable bonds is 10. The van der Waals surface area contributed by atoms with Gasteiger partial charge in [-0.15, -0.1) is 0 Å². The molecule has 0 aliphatic carbocycles. The molecule has 124 valence electrons. The van der Waals surface area contributed by atoms with Gasteiger partial charge in [-0.25, -0.2) is 13.2 Å². The molecule has 1 atom stereocenters. The van der Waals surface area contributed by atoms with Gasteiger partial charge in [-0.1, -0.05) is 6.58 Å². The van der Waals surface area contributed by atoms with Crippen LogP contribution in [0, 0.1) is 0 Å². The van der Waals surface area contributed by atoms with Crippen molar-refractivity contribution in [2.45, 2.75) is 25.9 Å². The number of ether oxygens (including phenoxy) is 1. The molecule has 1 unspecified atom stereocenters. The number of carbonyl (C=O) groups excluding carboxylic acids is 1. The van der Waals surface area contributed by atoms with Crippen LogP contribution >= 0.6 is 0 Å². The zero-order chi connectivity index (χ0) is 16.7. The van der Waals surface area contributed by atoms with Crippen LogP contribution in [0.5, 0.6) is 0 Å². The lowest BCUT2D eigenvalue weighted by Gasteiger charge is -2.32. The Morgan fingerprint density at radius 2 is 2.00 bits per heavy atom. The normalized spacial score (nSPS) is 13.8. The molecule has 0 aliphatic rings. The summed E-state index contributed by atoms with van der Waals surface area (Å²) in [5, 5.41) is 9.75. The maximum atomic E-state index is 11.2. The summed E-state index contributed by atoms with van der Waals surface area (Å²) in [6, 6.07) is 0.